The molecule has 2 amide bonds. The van der Waals surface area contributed by atoms with Crippen molar-refractivity contribution in [1.29, 1.82) is 0 Å². The molecule has 0 radical (unpaired) electrons. The molecule has 0 atom stereocenters. The number of carbonyl (C=O) groups excluding carboxylic acids is 2. The summed E-state index contributed by atoms with van der Waals surface area (Å²) < 4.78 is 15.5. The van der Waals surface area contributed by atoms with Crippen molar-refractivity contribution in [2.45, 2.75) is 12.8 Å². The van der Waals surface area contributed by atoms with Crippen molar-refractivity contribution in [3.8, 4) is 23.3 Å². The first kappa shape index (κ1) is 34.4. The van der Waals surface area contributed by atoms with E-state index in [1.807, 2.05) is 0 Å². The van der Waals surface area contributed by atoms with Crippen LogP contribution in [-0.4, -0.2) is 84.8 Å². The van der Waals surface area contributed by atoms with Crippen LogP contribution < -0.4 is 25.8 Å². The predicted octanol–water partition coefficient (Wildman–Crippen LogP) is 3.25. The SMILES string of the molecule is COC(=O)c1cc(OC)c(NCC=CCNc2c(OCC#CC3CCN(C(=O)O)CC3)cc(C(N)=O)cc2[N+](=O)[O-])c([N+](=O)[O-])c1. The monoisotopic (exact) mass is 640 g/mol. The minimum atomic E-state index is -0.979. The maximum Gasteiger partial charge on any atom is 0.407 e. The molecule has 0 aromatic heterocycles. The van der Waals surface area contributed by atoms with Crippen LogP contribution in [0, 0.1) is 38.0 Å². The molecule has 2 aromatic carbocycles. The van der Waals surface area contributed by atoms with Crippen LogP contribution in [-0.2, 0) is 4.74 Å². The van der Waals surface area contributed by atoms with E-state index in [1.54, 1.807) is 12.2 Å². The Hall–Kier alpha value is -6.05. The Morgan fingerprint density at radius 1 is 0.978 bits per heavy atom. The number of likely N-dealkylation sites (tertiary alicyclic amines) is 1. The lowest BCUT2D eigenvalue weighted by Crippen LogP contribution is -2.37. The average molecular weight is 641 g/mol. The lowest BCUT2D eigenvalue weighted by Gasteiger charge is -2.27. The number of amides is 2. The Kier molecular flexibility index (Phi) is 12.1. The largest absolute Gasteiger partial charge is 0.494 e. The van der Waals surface area contributed by atoms with Gasteiger partial charge in [-0.2, -0.15) is 0 Å². The highest BCUT2D eigenvalue weighted by Crippen LogP contribution is 2.37. The molecule has 1 heterocycles. The maximum atomic E-state index is 11.9. The van der Waals surface area contributed by atoms with Gasteiger partial charge in [-0.25, -0.2) is 9.59 Å². The highest BCUT2D eigenvalue weighted by molar-refractivity contribution is 5.96. The van der Waals surface area contributed by atoms with Crippen molar-refractivity contribution in [3.63, 3.8) is 0 Å². The van der Waals surface area contributed by atoms with Gasteiger partial charge in [-0.3, -0.25) is 25.0 Å². The number of nitrogens with one attached hydrogen (secondary N) is 2. The van der Waals surface area contributed by atoms with Crippen molar-refractivity contribution in [1.82, 2.24) is 4.90 Å². The molecule has 0 unspecified atom stereocenters. The highest BCUT2D eigenvalue weighted by Gasteiger charge is 2.24. The first-order chi connectivity index (χ1) is 22.0. The minimum Gasteiger partial charge on any atom is -0.494 e. The van der Waals surface area contributed by atoms with E-state index in [2.05, 4.69) is 27.2 Å². The van der Waals surface area contributed by atoms with Crippen molar-refractivity contribution in [2.24, 2.45) is 11.7 Å². The normalized spacial score (nSPS) is 12.9. The van der Waals surface area contributed by atoms with Crippen LogP contribution in [0.5, 0.6) is 11.5 Å². The van der Waals surface area contributed by atoms with Gasteiger partial charge < -0.3 is 40.6 Å². The highest BCUT2D eigenvalue weighted by atomic mass is 16.6. The average Bonchev–Trinajstić information content (AvgIpc) is 3.03. The first-order valence-electron chi connectivity index (χ1n) is 13.8. The van der Waals surface area contributed by atoms with Crippen molar-refractivity contribution in [3.05, 3.63) is 67.8 Å². The molecule has 1 fully saturated rings. The van der Waals surface area contributed by atoms with Crippen molar-refractivity contribution < 1.29 is 43.5 Å². The summed E-state index contributed by atoms with van der Waals surface area (Å²) in [6, 6.07) is 4.65. The molecule has 1 aliphatic heterocycles. The molecule has 1 aliphatic rings. The summed E-state index contributed by atoms with van der Waals surface area (Å²) in [6.45, 7) is 0.687. The number of hydrogen-bond donors (Lipinski definition) is 4. The van der Waals surface area contributed by atoms with E-state index in [0.717, 1.165) is 19.2 Å². The molecule has 0 aliphatic carbocycles. The molecule has 0 spiro atoms. The zero-order valence-corrected chi connectivity index (χ0v) is 24.9. The molecule has 0 saturated carbocycles. The second kappa shape index (κ2) is 16.1. The molecule has 1 saturated heterocycles. The van der Waals surface area contributed by atoms with Crippen LogP contribution in [0.4, 0.5) is 27.5 Å². The van der Waals surface area contributed by atoms with Crippen LogP contribution in [0.1, 0.15) is 33.6 Å². The number of benzene rings is 2. The van der Waals surface area contributed by atoms with Gasteiger partial charge in [-0.15, -0.1) is 0 Å². The number of methoxy groups -OCH3 is 2. The van der Waals surface area contributed by atoms with Crippen LogP contribution >= 0.6 is 0 Å². The minimum absolute atomic E-state index is 0.0275. The number of carboxylic acid groups (broad SMARTS) is 1. The number of piperidine rings is 1. The summed E-state index contributed by atoms with van der Waals surface area (Å²) in [5, 5.41) is 38.3. The molecule has 0 bridgehead atoms. The fraction of sp³-hybridized carbons (Fsp3) is 0.345. The summed E-state index contributed by atoms with van der Waals surface area (Å²) in [4.78, 5) is 58.2. The van der Waals surface area contributed by atoms with E-state index in [9.17, 15) is 34.6 Å². The van der Waals surface area contributed by atoms with Crippen LogP contribution in [0.15, 0.2) is 36.4 Å². The number of carbonyl (C=O) groups is 3. The van der Waals surface area contributed by atoms with Gasteiger partial charge in [0.2, 0.25) is 5.91 Å². The number of anilines is 2. The fourth-order valence-electron chi connectivity index (χ4n) is 4.50. The predicted molar refractivity (Wildman–Crippen MR) is 164 cm³/mol. The number of ether oxygens (including phenoxy) is 3. The Bertz CT molecular complexity index is 1590. The van der Waals surface area contributed by atoms with E-state index >= 15 is 0 Å². The third kappa shape index (κ3) is 8.98. The van der Waals surface area contributed by atoms with Crippen LogP contribution in [0.2, 0.25) is 0 Å². The number of rotatable bonds is 13. The van der Waals surface area contributed by atoms with Crippen LogP contribution in [0.25, 0.3) is 0 Å². The quantitative estimate of drug-likeness (QED) is 0.0809. The molecule has 5 N–H and O–H groups in total. The van der Waals surface area contributed by atoms with Gasteiger partial charge in [0.05, 0.1) is 29.6 Å². The molecule has 3 rings (SSSR count). The number of hydrogen-bond acceptors (Lipinski definition) is 12. The maximum absolute atomic E-state index is 11.9. The van der Waals surface area contributed by atoms with Gasteiger partial charge in [0.25, 0.3) is 11.4 Å². The van der Waals surface area contributed by atoms with Gasteiger partial charge in [-0.05, 0) is 25.0 Å². The number of nitrogens with zero attached hydrogens (tertiary/aromatic N) is 3. The smallest absolute Gasteiger partial charge is 0.407 e. The number of esters is 1. The molecule has 17 heteroatoms. The standard InChI is InChI=1S/C29H32N6O11/c1-44-23-17-20(28(37)45-2)15-22(35(42)43)25(23)31-9-3-4-10-32-26-21(34(40)41)14-19(27(30)36)16-24(26)46-13-5-6-18-7-11-33(12-8-18)29(38)39/h3-4,14-18,31-32H,7-13H2,1-2H3,(H2,30,36)(H,38,39). The van der Waals surface area contributed by atoms with Crippen molar-refractivity contribution in [2.75, 3.05) is 57.6 Å². The molecule has 46 heavy (non-hydrogen) atoms. The second-order valence-corrected chi connectivity index (χ2v) is 9.70. The summed E-state index contributed by atoms with van der Waals surface area (Å²) in [6.07, 6.45) is 3.33. The Morgan fingerprint density at radius 2 is 1.52 bits per heavy atom. The third-order valence-corrected chi connectivity index (χ3v) is 6.81. The topological polar surface area (TPSA) is 239 Å². The zero-order valence-electron chi connectivity index (χ0n) is 24.9. The number of nitro groups is 2. The Labute approximate surface area is 262 Å². The summed E-state index contributed by atoms with van der Waals surface area (Å²) in [5.41, 5.74) is 4.29. The molecular formula is C29H32N6O11. The Balaban J connectivity index is 1.71. The Morgan fingerprint density at radius 3 is 2.02 bits per heavy atom. The van der Waals surface area contributed by atoms with Gasteiger partial charge in [0.15, 0.2) is 17.1 Å². The van der Waals surface area contributed by atoms with E-state index in [1.165, 1.54) is 24.1 Å². The number of nitrogens with two attached hydrogens (primary N) is 1. The van der Waals surface area contributed by atoms with E-state index in [4.69, 9.17) is 20.3 Å². The summed E-state index contributed by atoms with van der Waals surface area (Å²) in [7, 11) is 2.43. The van der Waals surface area contributed by atoms with E-state index < -0.39 is 39.2 Å². The lowest BCUT2D eigenvalue weighted by molar-refractivity contribution is -0.384. The fourth-order valence-corrected chi connectivity index (χ4v) is 4.50. The second-order valence-electron chi connectivity index (χ2n) is 9.70. The zero-order chi connectivity index (χ0) is 33.8. The molecular weight excluding hydrogens is 608 g/mol. The van der Waals surface area contributed by atoms with Gasteiger partial charge in [0.1, 0.15) is 12.4 Å². The number of nitro benzene ring substituents is 2. The summed E-state index contributed by atoms with van der Waals surface area (Å²) in [5.74, 6) is 4.18. The number of primary amides is 1. The van der Waals surface area contributed by atoms with Gasteiger partial charge >= 0.3 is 12.1 Å². The van der Waals surface area contributed by atoms with E-state index in [0.29, 0.717) is 25.9 Å². The van der Waals surface area contributed by atoms with Crippen molar-refractivity contribution >= 4 is 40.7 Å². The van der Waals surface area contributed by atoms with Gasteiger partial charge in [0, 0.05) is 49.8 Å². The lowest BCUT2D eigenvalue weighted by atomic mass is 9.98. The third-order valence-electron chi connectivity index (χ3n) is 6.81. The first-order valence-corrected chi connectivity index (χ1v) is 13.8. The summed E-state index contributed by atoms with van der Waals surface area (Å²) >= 11 is 0. The molecule has 17 nitrogen and oxygen atoms in total. The van der Waals surface area contributed by atoms with E-state index in [-0.39, 0.29) is 59.6 Å². The van der Waals surface area contributed by atoms with Gasteiger partial charge in [-0.1, -0.05) is 24.0 Å². The molecule has 244 valence electrons. The molecule has 2 aromatic rings. The van der Waals surface area contributed by atoms with Crippen LogP contribution in [0.3, 0.4) is 0 Å².